The molecule has 17 heavy (non-hydrogen) atoms. The Morgan fingerprint density at radius 3 is 2.88 bits per heavy atom. The van der Waals surface area contributed by atoms with Gasteiger partial charge < -0.3 is 10.4 Å². The molecule has 1 aromatic heterocycles. The predicted octanol–water partition coefficient (Wildman–Crippen LogP) is 1.35. The molecule has 1 atom stereocenters. The Kier molecular flexibility index (Phi) is 4.21. The van der Waals surface area contributed by atoms with E-state index in [1.165, 1.54) is 13.1 Å². The lowest BCUT2D eigenvalue weighted by Gasteiger charge is -2.19. The van der Waals surface area contributed by atoms with Crippen LogP contribution in [0, 0.1) is 18.3 Å². The lowest BCUT2D eigenvalue weighted by Crippen LogP contribution is -2.41. The first kappa shape index (κ1) is 13.6. The summed E-state index contributed by atoms with van der Waals surface area (Å²) in [5.41, 5.74) is -0.0475. The van der Waals surface area contributed by atoms with Crippen LogP contribution in [0.5, 0.6) is 0 Å². The van der Waals surface area contributed by atoms with Crippen LogP contribution in [0.1, 0.15) is 18.2 Å². The third-order valence-corrected chi connectivity index (χ3v) is 3.28. The van der Waals surface area contributed by atoms with E-state index in [2.05, 4.69) is 26.2 Å². The molecule has 0 saturated heterocycles. The number of aliphatic hydroxyl groups is 1. The summed E-state index contributed by atoms with van der Waals surface area (Å²) in [4.78, 5) is 15.5. The van der Waals surface area contributed by atoms with Crippen LogP contribution in [0.2, 0.25) is 0 Å². The molecule has 1 unspecified atom stereocenters. The van der Waals surface area contributed by atoms with E-state index in [1.54, 1.807) is 13.0 Å². The maximum atomic E-state index is 11.6. The molecule has 0 radical (unpaired) electrons. The molecule has 1 heterocycles. The van der Waals surface area contributed by atoms with Gasteiger partial charge in [0.25, 0.3) is 5.91 Å². The molecule has 0 spiro atoms. The zero-order valence-electron chi connectivity index (χ0n) is 9.49. The van der Waals surface area contributed by atoms with E-state index in [0.717, 1.165) is 0 Å². The summed E-state index contributed by atoms with van der Waals surface area (Å²) >= 11 is 3.05. The van der Waals surface area contributed by atoms with Crippen LogP contribution in [0.25, 0.3) is 0 Å². The Bertz CT molecular complexity index is 480. The minimum Gasteiger partial charge on any atom is -0.379 e. The minimum absolute atomic E-state index is 0.133. The Labute approximate surface area is 108 Å². The number of nitrogens with zero attached hydrogens (tertiary/aromatic N) is 2. The number of nitrogens with one attached hydrogen (secondary N) is 1. The van der Waals surface area contributed by atoms with Gasteiger partial charge in [-0.15, -0.1) is 0 Å². The number of carbonyl (C=O) groups is 1. The second kappa shape index (κ2) is 5.25. The van der Waals surface area contributed by atoms with Gasteiger partial charge in [0.15, 0.2) is 0 Å². The van der Waals surface area contributed by atoms with E-state index in [4.69, 9.17) is 5.26 Å². The van der Waals surface area contributed by atoms with E-state index in [1.807, 2.05) is 6.07 Å². The number of halogens is 1. The summed E-state index contributed by atoms with van der Waals surface area (Å²) in [6.07, 6.45) is 1.38. The highest BCUT2D eigenvalue weighted by molar-refractivity contribution is 9.09. The quantitative estimate of drug-likeness (QED) is 0.825. The molecule has 5 nitrogen and oxygen atoms in total. The smallest absolute Gasteiger partial charge is 0.256 e. The first-order valence-electron chi connectivity index (χ1n) is 4.87. The van der Waals surface area contributed by atoms with Crippen molar-refractivity contribution in [2.45, 2.75) is 19.4 Å². The molecule has 0 aromatic carbocycles. The average molecular weight is 298 g/mol. The monoisotopic (exact) mass is 297 g/mol. The number of nitriles is 1. The molecule has 0 aliphatic heterocycles. The summed E-state index contributed by atoms with van der Waals surface area (Å²) in [5, 5.41) is 21.1. The number of hydrogen-bond donors (Lipinski definition) is 2. The van der Waals surface area contributed by atoms with Gasteiger partial charge in [0.05, 0.1) is 11.9 Å². The van der Waals surface area contributed by atoms with Crippen molar-refractivity contribution in [1.82, 2.24) is 4.98 Å². The SMILES string of the molecule is Cc1cc(NC(=O)C(C)(O)CBr)cnc1C#N. The molecule has 90 valence electrons. The summed E-state index contributed by atoms with van der Waals surface area (Å²) in [6, 6.07) is 3.57. The van der Waals surface area contributed by atoms with Crippen molar-refractivity contribution in [2.24, 2.45) is 0 Å². The van der Waals surface area contributed by atoms with E-state index in [0.29, 0.717) is 16.9 Å². The predicted molar refractivity (Wildman–Crippen MR) is 66.7 cm³/mol. The van der Waals surface area contributed by atoms with E-state index >= 15 is 0 Å². The molecule has 6 heteroatoms. The van der Waals surface area contributed by atoms with E-state index in [-0.39, 0.29) is 5.33 Å². The molecule has 2 N–H and O–H groups in total. The molecule has 1 rings (SSSR count). The van der Waals surface area contributed by atoms with Gasteiger partial charge in [0.2, 0.25) is 0 Å². The van der Waals surface area contributed by atoms with Crippen molar-refractivity contribution < 1.29 is 9.90 Å². The van der Waals surface area contributed by atoms with Crippen molar-refractivity contribution in [3.8, 4) is 6.07 Å². The lowest BCUT2D eigenvalue weighted by molar-refractivity contribution is -0.130. The standard InChI is InChI=1S/C11H12BrN3O2/c1-7-3-8(5-14-9(7)4-13)15-10(16)11(2,17)6-12/h3,5,17H,6H2,1-2H3,(H,15,16). The fraction of sp³-hybridized carbons (Fsp3) is 0.364. The normalized spacial score (nSPS) is 13.6. The second-order valence-corrected chi connectivity index (χ2v) is 4.42. The number of pyridine rings is 1. The van der Waals surface area contributed by atoms with Gasteiger partial charge in [-0.2, -0.15) is 5.26 Å². The molecule has 1 aromatic rings. The number of hydrogen-bond acceptors (Lipinski definition) is 4. The van der Waals surface area contributed by atoms with Gasteiger partial charge in [0, 0.05) is 5.33 Å². The topological polar surface area (TPSA) is 86.0 Å². The van der Waals surface area contributed by atoms with Gasteiger partial charge in [-0.25, -0.2) is 4.98 Å². The molecule has 0 saturated carbocycles. The van der Waals surface area contributed by atoms with Crippen molar-refractivity contribution in [1.29, 1.82) is 5.26 Å². The number of carbonyl (C=O) groups excluding carboxylic acids is 1. The molecular formula is C11H12BrN3O2. The first-order chi connectivity index (χ1) is 7.90. The van der Waals surface area contributed by atoms with Crippen LogP contribution in [0.15, 0.2) is 12.3 Å². The number of aryl methyl sites for hydroxylation is 1. The van der Waals surface area contributed by atoms with Crippen LogP contribution >= 0.6 is 15.9 Å². The zero-order valence-corrected chi connectivity index (χ0v) is 11.1. The molecule has 1 amide bonds. The lowest BCUT2D eigenvalue weighted by atomic mass is 10.1. The molecular weight excluding hydrogens is 286 g/mol. The van der Waals surface area contributed by atoms with Crippen molar-refractivity contribution in [2.75, 3.05) is 10.6 Å². The molecule has 0 bridgehead atoms. The number of rotatable bonds is 3. The number of aromatic nitrogens is 1. The fourth-order valence-corrected chi connectivity index (χ4v) is 1.34. The third kappa shape index (κ3) is 3.25. The van der Waals surface area contributed by atoms with Gasteiger partial charge >= 0.3 is 0 Å². The summed E-state index contributed by atoms with van der Waals surface area (Å²) < 4.78 is 0. The van der Waals surface area contributed by atoms with Crippen LogP contribution < -0.4 is 5.32 Å². The van der Waals surface area contributed by atoms with Gasteiger partial charge in [0.1, 0.15) is 17.4 Å². The minimum atomic E-state index is -1.48. The van der Waals surface area contributed by atoms with Crippen LogP contribution in [0.3, 0.4) is 0 Å². The summed E-state index contributed by atoms with van der Waals surface area (Å²) in [5.74, 6) is -0.528. The number of amides is 1. The van der Waals surface area contributed by atoms with Crippen molar-refractivity contribution in [3.63, 3.8) is 0 Å². The Hall–Kier alpha value is -1.45. The fourth-order valence-electron chi connectivity index (χ4n) is 1.09. The summed E-state index contributed by atoms with van der Waals surface area (Å²) in [6.45, 7) is 3.13. The van der Waals surface area contributed by atoms with Crippen LogP contribution in [-0.2, 0) is 4.79 Å². The molecule has 0 aliphatic carbocycles. The van der Waals surface area contributed by atoms with Crippen LogP contribution in [0.4, 0.5) is 5.69 Å². The highest BCUT2D eigenvalue weighted by Gasteiger charge is 2.28. The Balaban J connectivity index is 2.88. The Morgan fingerprint density at radius 2 is 2.41 bits per heavy atom. The Morgan fingerprint density at radius 1 is 1.76 bits per heavy atom. The van der Waals surface area contributed by atoms with Gasteiger partial charge in [-0.05, 0) is 25.5 Å². The summed E-state index contributed by atoms with van der Waals surface area (Å²) in [7, 11) is 0. The average Bonchev–Trinajstić information content (AvgIpc) is 2.29. The first-order valence-corrected chi connectivity index (χ1v) is 5.99. The van der Waals surface area contributed by atoms with E-state index in [9.17, 15) is 9.90 Å². The zero-order chi connectivity index (χ0) is 13.1. The van der Waals surface area contributed by atoms with Crippen molar-refractivity contribution in [3.05, 3.63) is 23.5 Å². The second-order valence-electron chi connectivity index (χ2n) is 3.86. The maximum Gasteiger partial charge on any atom is 0.256 e. The highest BCUT2D eigenvalue weighted by atomic mass is 79.9. The largest absolute Gasteiger partial charge is 0.379 e. The van der Waals surface area contributed by atoms with Crippen molar-refractivity contribution >= 4 is 27.5 Å². The number of anilines is 1. The van der Waals surface area contributed by atoms with E-state index < -0.39 is 11.5 Å². The maximum absolute atomic E-state index is 11.6. The molecule has 0 fully saturated rings. The van der Waals surface area contributed by atoms with Crippen LogP contribution in [-0.4, -0.2) is 26.9 Å². The third-order valence-electron chi connectivity index (χ3n) is 2.19. The molecule has 0 aliphatic rings. The number of alkyl halides is 1. The van der Waals surface area contributed by atoms with Gasteiger partial charge in [-0.1, -0.05) is 15.9 Å². The van der Waals surface area contributed by atoms with Gasteiger partial charge in [-0.3, -0.25) is 4.79 Å². The highest BCUT2D eigenvalue weighted by Crippen LogP contribution is 2.15.